The molecule has 188 valence electrons. The molecule has 4 aromatic rings. The van der Waals surface area contributed by atoms with Gasteiger partial charge in [-0.05, 0) is 42.0 Å². The Morgan fingerprint density at radius 3 is 2.76 bits per heavy atom. The van der Waals surface area contributed by atoms with Crippen LogP contribution in [-0.2, 0) is 17.0 Å². The summed E-state index contributed by atoms with van der Waals surface area (Å²) in [5.74, 6) is -0.208. The van der Waals surface area contributed by atoms with Crippen LogP contribution in [0.1, 0.15) is 42.6 Å². The Hall–Kier alpha value is -3.24. The third-order valence-electron chi connectivity index (χ3n) is 6.46. The lowest BCUT2D eigenvalue weighted by Gasteiger charge is -2.29. The molecule has 8 nitrogen and oxygen atoms in total. The van der Waals surface area contributed by atoms with Crippen LogP contribution in [0, 0.1) is 5.82 Å². The molecule has 13 heteroatoms. The molecule has 0 amide bonds. The number of halogens is 2. The fraction of sp³-hybridized carbons (Fsp3) is 0.320. The maximum Gasteiger partial charge on any atom is 0.170 e. The number of hydrogen-bond donors (Lipinski definition) is 1. The molecule has 1 aliphatic heterocycles. The zero-order valence-corrected chi connectivity index (χ0v) is 22.1. The second-order valence-corrected chi connectivity index (χ2v) is 9.66. The van der Waals surface area contributed by atoms with Gasteiger partial charge in [0.2, 0.25) is 0 Å². The smallest absolute Gasteiger partial charge is 0.170 e. The van der Waals surface area contributed by atoms with E-state index in [0.717, 1.165) is 0 Å². The Kier molecular flexibility index (Phi) is 6.81. The number of hydrogen-bond acceptors (Lipinski definition) is 6. The molecule has 1 unspecified atom stereocenters. The van der Waals surface area contributed by atoms with Crippen LogP contribution < -0.4 is 10.1 Å². The Labute approximate surface area is 229 Å². The minimum absolute atomic E-state index is 0.0749. The first kappa shape index (κ1) is 26.4. The van der Waals surface area contributed by atoms with Gasteiger partial charge >= 0.3 is 0 Å². The summed E-state index contributed by atoms with van der Waals surface area (Å²) in [5, 5.41) is 10.6. The molecule has 3 aromatic heterocycles. The molecule has 0 fully saturated rings. The van der Waals surface area contributed by atoms with Crippen molar-refractivity contribution in [2.45, 2.75) is 31.1 Å². The molecule has 2 atom stereocenters. The van der Waals surface area contributed by atoms with Gasteiger partial charge in [-0.25, -0.2) is 9.37 Å². The number of pyridine rings is 1. The number of methoxy groups -OCH3 is 1. The highest BCUT2D eigenvalue weighted by Gasteiger charge is 2.37. The van der Waals surface area contributed by atoms with E-state index in [1.165, 1.54) is 12.1 Å². The number of nitrogens with zero attached hydrogens (tertiary/aromatic N) is 5. The van der Waals surface area contributed by atoms with E-state index in [9.17, 15) is 4.39 Å². The Morgan fingerprint density at radius 2 is 2.05 bits per heavy atom. The van der Waals surface area contributed by atoms with Gasteiger partial charge in [0.15, 0.2) is 16.7 Å². The molecule has 0 aliphatic carbocycles. The maximum atomic E-state index is 14.5. The van der Waals surface area contributed by atoms with Crippen LogP contribution >= 0.6 is 11.6 Å². The summed E-state index contributed by atoms with van der Waals surface area (Å²) in [6.07, 6.45) is 2.71. The normalized spacial score (nSPS) is 16.7. The first-order chi connectivity index (χ1) is 18.0. The van der Waals surface area contributed by atoms with E-state index in [1.807, 2.05) is 6.92 Å². The second kappa shape index (κ2) is 9.82. The molecule has 2 bridgehead atoms. The Bertz CT molecular complexity index is 1520. The van der Waals surface area contributed by atoms with Gasteiger partial charge in [0.1, 0.15) is 26.5 Å². The predicted molar refractivity (Wildman–Crippen MR) is 146 cm³/mol. The fourth-order valence-corrected chi connectivity index (χ4v) is 5.07. The minimum atomic E-state index is -1.68. The van der Waals surface area contributed by atoms with E-state index >= 15 is 0 Å². The summed E-state index contributed by atoms with van der Waals surface area (Å²) in [7, 11) is 23.4. The van der Waals surface area contributed by atoms with E-state index in [1.54, 1.807) is 55.0 Å². The maximum absolute atomic E-state index is 14.5. The summed E-state index contributed by atoms with van der Waals surface area (Å²) in [6.45, 7) is 3.76. The van der Waals surface area contributed by atoms with Gasteiger partial charge in [0, 0.05) is 54.7 Å². The van der Waals surface area contributed by atoms with Crippen molar-refractivity contribution < 1.29 is 13.9 Å². The molecule has 6 radical (unpaired) electrons. The summed E-state index contributed by atoms with van der Waals surface area (Å²) >= 11 is 6.71. The molecule has 0 saturated carbocycles. The van der Waals surface area contributed by atoms with Crippen molar-refractivity contribution in [3.8, 4) is 28.3 Å². The van der Waals surface area contributed by atoms with Crippen molar-refractivity contribution in [3.63, 3.8) is 0 Å². The highest BCUT2D eigenvalue weighted by atomic mass is 35.5. The first-order valence-electron chi connectivity index (χ1n) is 11.9. The molecule has 38 heavy (non-hydrogen) atoms. The number of aromatic nitrogens is 5. The summed E-state index contributed by atoms with van der Waals surface area (Å²) in [6, 6.07) is 6.15. The summed E-state index contributed by atoms with van der Waals surface area (Å²) in [4.78, 5) is 4.57. The number of anilines is 1. The van der Waals surface area contributed by atoms with Crippen molar-refractivity contribution >= 4 is 41.0 Å². The minimum Gasteiger partial charge on any atom is -0.482 e. The van der Waals surface area contributed by atoms with Crippen LogP contribution in [0.4, 0.5) is 10.2 Å². The molecular formula is C25H23B3ClFN6O2. The van der Waals surface area contributed by atoms with Crippen molar-refractivity contribution in [2.24, 2.45) is 7.05 Å². The van der Waals surface area contributed by atoms with Crippen molar-refractivity contribution in [1.82, 2.24) is 24.5 Å². The summed E-state index contributed by atoms with van der Waals surface area (Å²) in [5.41, 5.74) is 3.43. The van der Waals surface area contributed by atoms with Crippen LogP contribution in [0.3, 0.4) is 0 Å². The third-order valence-corrected chi connectivity index (χ3v) is 6.73. The third kappa shape index (κ3) is 4.39. The molecule has 1 aromatic carbocycles. The Balaban J connectivity index is 1.89. The van der Waals surface area contributed by atoms with Crippen LogP contribution in [0.25, 0.3) is 22.5 Å². The van der Waals surface area contributed by atoms with E-state index in [2.05, 4.69) is 20.5 Å². The number of benzene rings is 1. The van der Waals surface area contributed by atoms with Crippen molar-refractivity contribution in [3.05, 3.63) is 64.3 Å². The molecule has 0 saturated heterocycles. The summed E-state index contributed by atoms with van der Waals surface area (Å²) < 4.78 is 29.2. The lowest BCUT2D eigenvalue weighted by Crippen LogP contribution is -2.30. The van der Waals surface area contributed by atoms with Gasteiger partial charge in [0.25, 0.3) is 0 Å². The SMILES string of the molecule is [B]C(C)n1nc(Cl)c2c1-c1cnc(NCOC)c(c1)O[C@H](C)c1cc(F)ccc1-c1nn(C)cc1C2([B])[B]. The number of ether oxygens (including phenoxy) is 2. The quantitative estimate of drug-likeness (QED) is 0.322. The van der Waals surface area contributed by atoms with E-state index in [0.29, 0.717) is 50.8 Å². The van der Waals surface area contributed by atoms with Gasteiger partial charge in [0.05, 0.1) is 27.1 Å². The average Bonchev–Trinajstić information content (AvgIpc) is 3.43. The van der Waals surface area contributed by atoms with Gasteiger partial charge in [-0.2, -0.15) is 10.2 Å². The number of rotatable bonds is 4. The monoisotopic (exact) mass is 526 g/mol. The molecular weight excluding hydrogens is 503 g/mol. The van der Waals surface area contributed by atoms with E-state index in [-0.39, 0.29) is 11.9 Å². The standard InChI is InChI=1S/C25H23B3ClFN6O2/c1-12-17-8-15(30)5-6-16(17)21-18(10-35(3)33-21)25(27,28)20-22(36(13(2)26)34-23(20)29)14-7-19(38-12)24(31-9-14)32-11-37-4/h5-10,12-13H,11H2,1-4H3,(H,31,32)/t12-,13?/m1/s1. The Morgan fingerprint density at radius 1 is 1.29 bits per heavy atom. The van der Waals surface area contributed by atoms with Crippen LogP contribution in [0.15, 0.2) is 36.7 Å². The number of nitrogens with one attached hydrogen (secondary N) is 1. The molecule has 5 rings (SSSR count). The first-order valence-corrected chi connectivity index (χ1v) is 12.3. The van der Waals surface area contributed by atoms with E-state index in [4.69, 9.17) is 44.6 Å². The topological polar surface area (TPSA) is 79.0 Å². The molecule has 1 aliphatic rings. The molecule has 0 spiro atoms. The highest BCUT2D eigenvalue weighted by Crippen LogP contribution is 2.45. The highest BCUT2D eigenvalue weighted by molar-refractivity contribution is 6.45. The lowest BCUT2D eigenvalue weighted by atomic mass is 9.47. The molecule has 4 heterocycles. The van der Waals surface area contributed by atoms with Gasteiger partial charge in [-0.3, -0.25) is 9.36 Å². The van der Waals surface area contributed by atoms with Crippen molar-refractivity contribution in [1.29, 1.82) is 0 Å². The average molecular weight is 526 g/mol. The lowest BCUT2D eigenvalue weighted by molar-refractivity contribution is 0.214. The van der Waals surface area contributed by atoms with Crippen LogP contribution in [0.2, 0.25) is 5.15 Å². The zero-order chi connectivity index (χ0) is 27.4. The van der Waals surface area contributed by atoms with E-state index < -0.39 is 23.1 Å². The van der Waals surface area contributed by atoms with Gasteiger partial charge in [-0.15, -0.1) is 0 Å². The van der Waals surface area contributed by atoms with Gasteiger partial charge in [-0.1, -0.05) is 18.5 Å². The number of aryl methyl sites for hydroxylation is 1. The fourth-order valence-electron chi connectivity index (χ4n) is 4.75. The van der Waals surface area contributed by atoms with Crippen LogP contribution in [0.5, 0.6) is 5.75 Å². The van der Waals surface area contributed by atoms with Gasteiger partial charge < -0.3 is 14.8 Å². The largest absolute Gasteiger partial charge is 0.482 e. The zero-order valence-electron chi connectivity index (χ0n) is 21.4. The molecule has 1 N–H and O–H groups in total. The van der Waals surface area contributed by atoms with Crippen LogP contribution in [-0.4, -0.2) is 61.9 Å². The predicted octanol–water partition coefficient (Wildman–Crippen LogP) is 3.83. The van der Waals surface area contributed by atoms with Crippen molar-refractivity contribution in [2.75, 3.05) is 19.2 Å². The number of fused-ring (bicyclic) bond motifs is 7. The second-order valence-electron chi connectivity index (χ2n) is 9.31.